The molecule has 0 atom stereocenters. The second kappa shape index (κ2) is 7.86. The number of rotatable bonds is 4. The Balaban J connectivity index is 1.73. The Labute approximate surface area is 151 Å². The highest BCUT2D eigenvalue weighted by atomic mass is 16.3. The number of carbonyl (C=O) groups excluding carboxylic acids is 1. The zero-order valence-electron chi connectivity index (χ0n) is 13.9. The number of anilines is 2. The first-order valence-electron chi connectivity index (χ1n) is 8.08. The summed E-state index contributed by atoms with van der Waals surface area (Å²) in [6.45, 7) is 0. The molecule has 0 unspecified atom stereocenters. The highest BCUT2D eigenvalue weighted by Gasteiger charge is 2.10. The Kier molecular flexibility index (Phi) is 5.16. The van der Waals surface area contributed by atoms with Crippen molar-refractivity contribution in [3.8, 4) is 11.8 Å². The van der Waals surface area contributed by atoms with Gasteiger partial charge in [0.05, 0.1) is 17.3 Å². The van der Waals surface area contributed by atoms with Crippen LogP contribution in [0.25, 0.3) is 0 Å². The lowest BCUT2D eigenvalue weighted by atomic mass is 10.0. The molecule has 0 aliphatic rings. The lowest BCUT2D eigenvalue weighted by Gasteiger charge is -2.13. The van der Waals surface area contributed by atoms with Crippen molar-refractivity contribution < 1.29 is 9.90 Å². The van der Waals surface area contributed by atoms with Gasteiger partial charge in [0.1, 0.15) is 5.75 Å². The quantitative estimate of drug-likeness (QED) is 0.610. The van der Waals surface area contributed by atoms with E-state index in [4.69, 9.17) is 5.26 Å². The van der Waals surface area contributed by atoms with Crippen LogP contribution in [-0.4, -0.2) is 11.1 Å². The Hall–Kier alpha value is -3.78. The van der Waals surface area contributed by atoms with Gasteiger partial charge in [-0.25, -0.2) is 4.79 Å². The topological polar surface area (TPSA) is 85.2 Å². The lowest BCUT2D eigenvalue weighted by Crippen LogP contribution is -2.20. The van der Waals surface area contributed by atoms with Crippen molar-refractivity contribution in [2.45, 2.75) is 6.42 Å². The summed E-state index contributed by atoms with van der Waals surface area (Å²) < 4.78 is 0. The van der Waals surface area contributed by atoms with Crippen molar-refractivity contribution in [3.05, 3.63) is 89.5 Å². The standard InChI is InChI=1S/C21H17N3O2/c22-14-16-10-11-19(20(25)13-16)24-21(26)23-18-9-5-4-8-17(18)12-15-6-2-1-3-7-15/h1-11,13,25H,12H2,(H2,23,24,26). The molecule has 0 radical (unpaired) electrons. The number of hydrogen-bond acceptors (Lipinski definition) is 3. The number of phenols is 1. The van der Waals surface area contributed by atoms with E-state index in [-0.39, 0.29) is 11.4 Å². The monoisotopic (exact) mass is 343 g/mol. The molecule has 26 heavy (non-hydrogen) atoms. The van der Waals surface area contributed by atoms with Gasteiger partial charge in [-0.1, -0.05) is 48.5 Å². The van der Waals surface area contributed by atoms with E-state index in [9.17, 15) is 9.90 Å². The Morgan fingerprint density at radius 3 is 2.35 bits per heavy atom. The fourth-order valence-electron chi connectivity index (χ4n) is 2.59. The van der Waals surface area contributed by atoms with Crippen LogP contribution in [0.1, 0.15) is 16.7 Å². The average molecular weight is 343 g/mol. The summed E-state index contributed by atoms with van der Waals surface area (Å²) in [5.41, 5.74) is 3.38. The van der Waals surface area contributed by atoms with E-state index in [2.05, 4.69) is 10.6 Å². The molecule has 5 heteroatoms. The molecule has 128 valence electrons. The number of nitriles is 1. The highest BCUT2D eigenvalue weighted by molar-refractivity contribution is 6.01. The van der Waals surface area contributed by atoms with E-state index in [0.29, 0.717) is 17.7 Å². The summed E-state index contributed by atoms with van der Waals surface area (Å²) in [6, 6.07) is 23.3. The van der Waals surface area contributed by atoms with Crippen LogP contribution in [0.15, 0.2) is 72.8 Å². The third-order valence-corrected chi connectivity index (χ3v) is 3.88. The van der Waals surface area contributed by atoms with E-state index in [0.717, 1.165) is 11.1 Å². The molecule has 0 aromatic heterocycles. The molecular weight excluding hydrogens is 326 g/mol. The molecule has 0 spiro atoms. The van der Waals surface area contributed by atoms with Crippen LogP contribution in [0.3, 0.4) is 0 Å². The van der Waals surface area contributed by atoms with Gasteiger partial charge in [-0.15, -0.1) is 0 Å². The predicted molar refractivity (Wildman–Crippen MR) is 101 cm³/mol. The lowest BCUT2D eigenvalue weighted by molar-refractivity contribution is 0.262. The fourth-order valence-corrected chi connectivity index (χ4v) is 2.59. The molecule has 3 rings (SSSR count). The second-order valence-electron chi connectivity index (χ2n) is 5.74. The van der Waals surface area contributed by atoms with Crippen LogP contribution < -0.4 is 10.6 Å². The molecule has 3 aromatic carbocycles. The Bertz CT molecular complexity index is 962. The number of urea groups is 1. The van der Waals surface area contributed by atoms with Gasteiger partial charge in [0.15, 0.2) is 0 Å². The number of aromatic hydroxyl groups is 1. The normalized spacial score (nSPS) is 9.96. The molecule has 0 bridgehead atoms. The SMILES string of the molecule is N#Cc1ccc(NC(=O)Nc2ccccc2Cc2ccccc2)c(O)c1. The maximum Gasteiger partial charge on any atom is 0.323 e. The molecule has 3 aromatic rings. The minimum atomic E-state index is -0.467. The Morgan fingerprint density at radius 1 is 0.923 bits per heavy atom. The summed E-state index contributed by atoms with van der Waals surface area (Å²) in [7, 11) is 0. The van der Waals surface area contributed by atoms with E-state index < -0.39 is 6.03 Å². The summed E-state index contributed by atoms with van der Waals surface area (Å²) in [5, 5.41) is 24.1. The van der Waals surface area contributed by atoms with Crippen molar-refractivity contribution in [1.29, 1.82) is 5.26 Å². The van der Waals surface area contributed by atoms with Gasteiger partial charge < -0.3 is 15.7 Å². The van der Waals surface area contributed by atoms with Gasteiger partial charge in [0, 0.05) is 5.69 Å². The van der Waals surface area contributed by atoms with Crippen LogP contribution in [0, 0.1) is 11.3 Å². The van der Waals surface area contributed by atoms with Gasteiger partial charge >= 0.3 is 6.03 Å². The van der Waals surface area contributed by atoms with Gasteiger partial charge in [-0.2, -0.15) is 5.26 Å². The predicted octanol–water partition coefficient (Wildman–Crippen LogP) is 4.50. The first kappa shape index (κ1) is 17.1. The number of nitrogens with zero attached hydrogens (tertiary/aromatic N) is 1. The van der Waals surface area contributed by atoms with E-state index >= 15 is 0 Å². The van der Waals surface area contributed by atoms with Gasteiger partial charge in [-0.05, 0) is 41.8 Å². The first-order chi connectivity index (χ1) is 12.7. The second-order valence-corrected chi connectivity index (χ2v) is 5.74. The summed E-state index contributed by atoms with van der Waals surface area (Å²) in [6.07, 6.45) is 0.694. The first-order valence-corrected chi connectivity index (χ1v) is 8.08. The van der Waals surface area contributed by atoms with E-state index in [1.165, 1.54) is 18.2 Å². The van der Waals surface area contributed by atoms with Gasteiger partial charge in [-0.3, -0.25) is 0 Å². The van der Waals surface area contributed by atoms with Crippen molar-refractivity contribution in [1.82, 2.24) is 0 Å². The number of carbonyl (C=O) groups is 1. The van der Waals surface area contributed by atoms with Crippen LogP contribution in [-0.2, 0) is 6.42 Å². The fraction of sp³-hybridized carbons (Fsp3) is 0.0476. The molecule has 3 N–H and O–H groups in total. The van der Waals surface area contributed by atoms with Crippen molar-refractivity contribution >= 4 is 17.4 Å². The smallest absolute Gasteiger partial charge is 0.323 e. The maximum atomic E-state index is 12.3. The summed E-state index contributed by atoms with van der Waals surface area (Å²) in [4.78, 5) is 12.3. The number of nitrogens with one attached hydrogen (secondary N) is 2. The summed E-state index contributed by atoms with van der Waals surface area (Å²) in [5.74, 6) is -0.156. The summed E-state index contributed by atoms with van der Waals surface area (Å²) >= 11 is 0. The number of phenolic OH excluding ortho intramolecular Hbond substituents is 1. The largest absolute Gasteiger partial charge is 0.506 e. The molecular formula is C21H17N3O2. The number of benzene rings is 3. The van der Waals surface area contributed by atoms with Gasteiger partial charge in [0.2, 0.25) is 0 Å². The van der Waals surface area contributed by atoms with Crippen molar-refractivity contribution in [2.75, 3.05) is 10.6 Å². The minimum Gasteiger partial charge on any atom is -0.506 e. The highest BCUT2D eigenvalue weighted by Crippen LogP contribution is 2.25. The number of para-hydroxylation sites is 1. The minimum absolute atomic E-state index is 0.156. The third-order valence-electron chi connectivity index (χ3n) is 3.88. The molecule has 0 fully saturated rings. The molecule has 0 saturated heterocycles. The molecule has 0 saturated carbocycles. The van der Waals surface area contributed by atoms with Crippen molar-refractivity contribution in [3.63, 3.8) is 0 Å². The molecule has 0 aliphatic heterocycles. The van der Waals surface area contributed by atoms with E-state index in [1.807, 2.05) is 60.7 Å². The molecule has 0 aliphatic carbocycles. The van der Waals surface area contributed by atoms with Gasteiger partial charge in [0.25, 0.3) is 0 Å². The number of hydrogen-bond donors (Lipinski definition) is 3. The third kappa shape index (κ3) is 4.19. The average Bonchev–Trinajstić information content (AvgIpc) is 2.66. The van der Waals surface area contributed by atoms with Crippen LogP contribution in [0.5, 0.6) is 5.75 Å². The molecule has 2 amide bonds. The zero-order chi connectivity index (χ0) is 18.4. The van der Waals surface area contributed by atoms with Crippen LogP contribution >= 0.6 is 0 Å². The van der Waals surface area contributed by atoms with Crippen LogP contribution in [0.4, 0.5) is 16.2 Å². The zero-order valence-corrected chi connectivity index (χ0v) is 13.9. The van der Waals surface area contributed by atoms with Crippen molar-refractivity contribution in [2.24, 2.45) is 0 Å². The molecule has 0 heterocycles. The Morgan fingerprint density at radius 2 is 1.62 bits per heavy atom. The van der Waals surface area contributed by atoms with Crippen LogP contribution in [0.2, 0.25) is 0 Å². The van der Waals surface area contributed by atoms with E-state index in [1.54, 1.807) is 0 Å². The number of amides is 2. The molecule has 5 nitrogen and oxygen atoms in total. The maximum absolute atomic E-state index is 12.3.